The van der Waals surface area contributed by atoms with Gasteiger partial charge in [0.1, 0.15) is 11.5 Å². The summed E-state index contributed by atoms with van der Waals surface area (Å²) < 4.78 is 7.41. The van der Waals surface area contributed by atoms with E-state index in [0.717, 1.165) is 53.8 Å². The number of hydrogen-bond donors (Lipinski definition) is 1. The Balaban J connectivity index is 1.63. The lowest BCUT2D eigenvalue weighted by Crippen LogP contribution is -1.95. The first-order valence-electron chi connectivity index (χ1n) is 8.01. The fraction of sp³-hybridized carbons (Fsp3) is 0.316. The van der Waals surface area contributed by atoms with Crippen molar-refractivity contribution in [2.24, 2.45) is 7.05 Å². The average molecular weight is 308 g/mol. The number of benzene rings is 2. The minimum atomic E-state index is 0.324. The van der Waals surface area contributed by atoms with E-state index in [4.69, 9.17) is 4.74 Å². The molecule has 4 rings (SSSR count). The Kier molecular flexibility index (Phi) is 3.26. The van der Waals surface area contributed by atoms with Crippen molar-refractivity contribution in [2.45, 2.75) is 26.2 Å². The Labute approximate surface area is 135 Å². The lowest BCUT2D eigenvalue weighted by Gasteiger charge is -2.04. The molecule has 0 saturated heterocycles. The molecule has 23 heavy (non-hydrogen) atoms. The molecule has 0 spiro atoms. The highest BCUT2D eigenvalue weighted by molar-refractivity contribution is 5.88. The number of hydrogen-bond acceptors (Lipinski definition) is 3. The van der Waals surface area contributed by atoms with Gasteiger partial charge in [-0.15, -0.1) is 0 Å². The zero-order valence-corrected chi connectivity index (χ0v) is 13.5. The molecule has 118 valence electrons. The van der Waals surface area contributed by atoms with Crippen LogP contribution in [-0.2, 0) is 26.3 Å². The third-order valence-corrected chi connectivity index (χ3v) is 4.55. The van der Waals surface area contributed by atoms with E-state index in [-0.39, 0.29) is 0 Å². The quantitative estimate of drug-likeness (QED) is 0.807. The SMILES string of the molecule is Cc1cc(O)c2c(CCc3ccc4c(c3)CCO4)nn(C)c2c1. The van der Waals surface area contributed by atoms with Gasteiger partial charge in [-0.25, -0.2) is 0 Å². The van der Waals surface area contributed by atoms with Gasteiger partial charge >= 0.3 is 0 Å². The van der Waals surface area contributed by atoms with Gasteiger partial charge < -0.3 is 9.84 Å². The second-order valence-electron chi connectivity index (χ2n) is 6.29. The maximum atomic E-state index is 10.3. The maximum absolute atomic E-state index is 10.3. The second-order valence-corrected chi connectivity index (χ2v) is 6.29. The first kappa shape index (κ1) is 14.1. The molecule has 0 saturated carbocycles. The highest BCUT2D eigenvalue weighted by Crippen LogP contribution is 2.31. The Bertz CT molecular complexity index is 896. The predicted octanol–water partition coefficient (Wildman–Crippen LogP) is 3.31. The van der Waals surface area contributed by atoms with Crippen molar-refractivity contribution in [3.8, 4) is 11.5 Å². The molecule has 1 aromatic heterocycles. The summed E-state index contributed by atoms with van der Waals surface area (Å²) in [6, 6.07) is 10.3. The Morgan fingerprint density at radius 2 is 2.09 bits per heavy atom. The van der Waals surface area contributed by atoms with Crippen LogP contribution in [0.15, 0.2) is 30.3 Å². The molecule has 4 heteroatoms. The van der Waals surface area contributed by atoms with Gasteiger partial charge in [0.2, 0.25) is 0 Å². The smallest absolute Gasteiger partial charge is 0.127 e. The number of nitrogens with zero attached hydrogens (tertiary/aromatic N) is 2. The van der Waals surface area contributed by atoms with Gasteiger partial charge in [-0.3, -0.25) is 4.68 Å². The first-order valence-corrected chi connectivity index (χ1v) is 8.01. The number of fused-ring (bicyclic) bond motifs is 2. The molecule has 0 unspecified atom stereocenters. The fourth-order valence-corrected chi connectivity index (χ4v) is 3.42. The van der Waals surface area contributed by atoms with Crippen molar-refractivity contribution in [3.05, 3.63) is 52.7 Å². The van der Waals surface area contributed by atoms with Crippen LogP contribution in [0.5, 0.6) is 11.5 Å². The largest absolute Gasteiger partial charge is 0.507 e. The number of aromatic hydroxyl groups is 1. The van der Waals surface area contributed by atoms with Crippen molar-refractivity contribution in [1.29, 1.82) is 0 Å². The minimum Gasteiger partial charge on any atom is -0.507 e. The molecule has 0 fully saturated rings. The number of phenols is 1. The van der Waals surface area contributed by atoms with Crippen LogP contribution >= 0.6 is 0 Å². The summed E-state index contributed by atoms with van der Waals surface area (Å²) in [6.45, 7) is 2.77. The van der Waals surface area contributed by atoms with Crippen molar-refractivity contribution < 1.29 is 9.84 Å². The molecule has 0 amide bonds. The molecule has 3 aromatic rings. The summed E-state index contributed by atoms with van der Waals surface area (Å²) in [4.78, 5) is 0. The standard InChI is InChI=1S/C19H20N2O2/c1-12-9-16-19(17(22)10-12)15(20-21(16)2)5-3-13-4-6-18-14(11-13)7-8-23-18/h4,6,9-11,22H,3,5,7-8H2,1-2H3. The van der Waals surface area contributed by atoms with Crippen molar-refractivity contribution in [2.75, 3.05) is 6.61 Å². The van der Waals surface area contributed by atoms with Crippen LogP contribution in [0.25, 0.3) is 10.9 Å². The third kappa shape index (κ3) is 2.44. The van der Waals surface area contributed by atoms with Gasteiger partial charge in [-0.2, -0.15) is 5.10 Å². The van der Waals surface area contributed by atoms with Gasteiger partial charge in [0, 0.05) is 13.5 Å². The van der Waals surface area contributed by atoms with E-state index < -0.39 is 0 Å². The van der Waals surface area contributed by atoms with E-state index in [9.17, 15) is 5.11 Å². The van der Waals surface area contributed by atoms with Crippen molar-refractivity contribution in [1.82, 2.24) is 9.78 Å². The van der Waals surface area contributed by atoms with Crippen molar-refractivity contribution in [3.63, 3.8) is 0 Å². The summed E-state index contributed by atoms with van der Waals surface area (Å²) in [5.74, 6) is 1.34. The normalized spacial score (nSPS) is 13.3. The lowest BCUT2D eigenvalue weighted by molar-refractivity contribution is 0.357. The van der Waals surface area contributed by atoms with Gasteiger partial charge in [0.05, 0.1) is 23.2 Å². The molecular weight excluding hydrogens is 288 g/mol. The van der Waals surface area contributed by atoms with Crippen LogP contribution in [0.1, 0.15) is 22.4 Å². The Morgan fingerprint density at radius 3 is 2.96 bits per heavy atom. The molecule has 0 bridgehead atoms. The van der Waals surface area contributed by atoms with Crippen LogP contribution in [0, 0.1) is 6.92 Å². The molecule has 0 radical (unpaired) electrons. The van der Waals surface area contributed by atoms with Crippen LogP contribution in [-0.4, -0.2) is 21.5 Å². The Morgan fingerprint density at radius 1 is 1.22 bits per heavy atom. The van der Waals surface area contributed by atoms with Crippen LogP contribution in [0.3, 0.4) is 0 Å². The summed E-state index contributed by atoms with van der Waals surface area (Å²) in [6.07, 6.45) is 2.72. The average Bonchev–Trinajstić information content (AvgIpc) is 3.09. The van der Waals surface area contributed by atoms with E-state index in [1.54, 1.807) is 6.07 Å². The topological polar surface area (TPSA) is 47.3 Å². The summed E-state index contributed by atoms with van der Waals surface area (Å²) >= 11 is 0. The number of aromatic nitrogens is 2. The van der Waals surface area contributed by atoms with E-state index in [1.807, 2.05) is 18.7 Å². The summed E-state index contributed by atoms with van der Waals surface area (Å²) in [5.41, 5.74) is 5.58. The first-order chi connectivity index (χ1) is 11.1. The monoisotopic (exact) mass is 308 g/mol. The molecule has 4 nitrogen and oxygen atoms in total. The molecule has 1 N–H and O–H groups in total. The third-order valence-electron chi connectivity index (χ3n) is 4.55. The number of aryl methyl sites for hydroxylation is 4. The highest BCUT2D eigenvalue weighted by atomic mass is 16.5. The van der Waals surface area contributed by atoms with Gasteiger partial charge in [0.25, 0.3) is 0 Å². The summed E-state index contributed by atoms with van der Waals surface area (Å²) in [5, 5.41) is 15.8. The second kappa shape index (κ2) is 5.30. The van der Waals surface area contributed by atoms with E-state index in [1.165, 1.54) is 11.1 Å². The lowest BCUT2D eigenvalue weighted by atomic mass is 10.0. The van der Waals surface area contributed by atoms with E-state index in [2.05, 4.69) is 29.4 Å². The van der Waals surface area contributed by atoms with Crippen LogP contribution in [0.2, 0.25) is 0 Å². The van der Waals surface area contributed by atoms with E-state index >= 15 is 0 Å². The molecule has 1 aliphatic rings. The summed E-state index contributed by atoms with van der Waals surface area (Å²) in [7, 11) is 1.93. The molecular formula is C19H20N2O2. The zero-order valence-electron chi connectivity index (χ0n) is 13.5. The van der Waals surface area contributed by atoms with Gasteiger partial charge in [-0.1, -0.05) is 12.1 Å². The zero-order chi connectivity index (χ0) is 16.0. The fourth-order valence-electron chi connectivity index (χ4n) is 3.42. The number of phenolic OH excluding ortho intramolecular Hbond substituents is 1. The van der Waals surface area contributed by atoms with Crippen molar-refractivity contribution >= 4 is 10.9 Å². The number of rotatable bonds is 3. The molecule has 0 atom stereocenters. The molecule has 2 aromatic carbocycles. The predicted molar refractivity (Wildman–Crippen MR) is 90.2 cm³/mol. The van der Waals surface area contributed by atoms with Gasteiger partial charge in [0.15, 0.2) is 0 Å². The number of ether oxygens (including phenoxy) is 1. The molecule has 0 aliphatic carbocycles. The van der Waals surface area contributed by atoms with Crippen LogP contribution < -0.4 is 4.74 Å². The molecule has 1 aliphatic heterocycles. The Hall–Kier alpha value is -2.49. The van der Waals surface area contributed by atoms with E-state index in [0.29, 0.717) is 5.75 Å². The minimum absolute atomic E-state index is 0.324. The highest BCUT2D eigenvalue weighted by Gasteiger charge is 2.15. The van der Waals surface area contributed by atoms with Gasteiger partial charge in [-0.05, 0) is 54.7 Å². The van der Waals surface area contributed by atoms with Crippen LogP contribution in [0.4, 0.5) is 0 Å². The molecule has 2 heterocycles. The maximum Gasteiger partial charge on any atom is 0.127 e.